The van der Waals surface area contributed by atoms with E-state index in [1.807, 2.05) is 12.1 Å². The number of nitrogens with zero attached hydrogens (tertiary/aromatic N) is 2. The van der Waals surface area contributed by atoms with Crippen LogP contribution in [-0.4, -0.2) is 24.0 Å². The summed E-state index contributed by atoms with van der Waals surface area (Å²) in [6, 6.07) is 3.95. The molecule has 0 aliphatic carbocycles. The normalized spacial score (nSPS) is 15.5. The molecule has 0 bridgehead atoms. The number of pyridine rings is 1. The SMILES string of the molecule is c1cc(CC2=NCCO2)ccn1. The predicted octanol–water partition coefficient (Wildman–Crippen LogP) is 1.05. The summed E-state index contributed by atoms with van der Waals surface area (Å²) in [6.07, 6.45) is 4.36. The third-order valence-corrected chi connectivity index (χ3v) is 1.75. The highest BCUT2D eigenvalue weighted by Crippen LogP contribution is 2.03. The second kappa shape index (κ2) is 3.34. The van der Waals surface area contributed by atoms with Gasteiger partial charge in [-0.25, -0.2) is 0 Å². The third-order valence-electron chi connectivity index (χ3n) is 1.75. The molecule has 1 aromatic rings. The van der Waals surface area contributed by atoms with Crippen LogP contribution in [0.3, 0.4) is 0 Å². The van der Waals surface area contributed by atoms with Gasteiger partial charge >= 0.3 is 0 Å². The van der Waals surface area contributed by atoms with Crippen molar-refractivity contribution in [3.8, 4) is 0 Å². The molecule has 0 N–H and O–H groups in total. The van der Waals surface area contributed by atoms with Crippen molar-refractivity contribution in [3.63, 3.8) is 0 Å². The maximum absolute atomic E-state index is 5.29. The van der Waals surface area contributed by atoms with Gasteiger partial charge in [-0.05, 0) is 17.7 Å². The van der Waals surface area contributed by atoms with E-state index < -0.39 is 0 Å². The van der Waals surface area contributed by atoms with Gasteiger partial charge in [-0.1, -0.05) is 0 Å². The second-order valence-corrected chi connectivity index (χ2v) is 2.66. The molecule has 3 nitrogen and oxygen atoms in total. The number of hydrogen-bond acceptors (Lipinski definition) is 3. The summed E-state index contributed by atoms with van der Waals surface area (Å²) in [5, 5.41) is 0. The minimum absolute atomic E-state index is 0.737. The molecule has 0 radical (unpaired) electrons. The van der Waals surface area contributed by atoms with Crippen molar-refractivity contribution < 1.29 is 4.74 Å². The molecule has 0 unspecified atom stereocenters. The zero-order valence-corrected chi connectivity index (χ0v) is 6.73. The maximum atomic E-state index is 5.29. The summed E-state index contributed by atoms with van der Waals surface area (Å²) >= 11 is 0. The highest BCUT2D eigenvalue weighted by molar-refractivity contribution is 5.79. The van der Waals surface area contributed by atoms with Gasteiger partial charge in [0, 0.05) is 18.8 Å². The fourth-order valence-corrected chi connectivity index (χ4v) is 1.16. The molecule has 2 rings (SSSR count). The van der Waals surface area contributed by atoms with E-state index in [1.54, 1.807) is 12.4 Å². The van der Waals surface area contributed by atoms with Crippen LogP contribution >= 0.6 is 0 Å². The molecule has 1 aromatic heterocycles. The topological polar surface area (TPSA) is 34.5 Å². The summed E-state index contributed by atoms with van der Waals surface area (Å²) in [5.41, 5.74) is 1.20. The van der Waals surface area contributed by atoms with Crippen LogP contribution in [0.15, 0.2) is 29.5 Å². The predicted molar refractivity (Wildman–Crippen MR) is 46.2 cm³/mol. The van der Waals surface area contributed by atoms with Crippen LogP contribution in [0.1, 0.15) is 5.56 Å². The lowest BCUT2D eigenvalue weighted by molar-refractivity contribution is 0.341. The Morgan fingerprint density at radius 1 is 1.33 bits per heavy atom. The second-order valence-electron chi connectivity index (χ2n) is 2.66. The lowest BCUT2D eigenvalue weighted by atomic mass is 10.2. The highest BCUT2D eigenvalue weighted by atomic mass is 16.5. The Hall–Kier alpha value is -1.38. The molecule has 0 saturated carbocycles. The first-order valence-electron chi connectivity index (χ1n) is 4.00. The van der Waals surface area contributed by atoms with Gasteiger partial charge in [0.05, 0.1) is 6.54 Å². The van der Waals surface area contributed by atoms with Crippen molar-refractivity contribution in [3.05, 3.63) is 30.1 Å². The molecule has 12 heavy (non-hydrogen) atoms. The van der Waals surface area contributed by atoms with Gasteiger partial charge in [0.2, 0.25) is 0 Å². The summed E-state index contributed by atoms with van der Waals surface area (Å²) in [4.78, 5) is 8.14. The number of rotatable bonds is 2. The fourth-order valence-electron chi connectivity index (χ4n) is 1.16. The molecule has 0 saturated heterocycles. The lowest BCUT2D eigenvalue weighted by Gasteiger charge is -2.00. The van der Waals surface area contributed by atoms with Crippen LogP contribution < -0.4 is 0 Å². The van der Waals surface area contributed by atoms with Crippen molar-refractivity contribution in [1.82, 2.24) is 4.98 Å². The van der Waals surface area contributed by atoms with Crippen LogP contribution in [0.4, 0.5) is 0 Å². The Kier molecular flexibility index (Phi) is 2.03. The van der Waals surface area contributed by atoms with Gasteiger partial charge < -0.3 is 4.74 Å². The summed E-state index contributed by atoms with van der Waals surface area (Å²) in [7, 11) is 0. The molecule has 62 valence electrons. The zero-order valence-electron chi connectivity index (χ0n) is 6.73. The van der Waals surface area contributed by atoms with Crippen LogP contribution in [0.5, 0.6) is 0 Å². The van der Waals surface area contributed by atoms with Gasteiger partial charge in [0.1, 0.15) is 6.61 Å². The van der Waals surface area contributed by atoms with Crippen molar-refractivity contribution >= 4 is 5.90 Å². The number of hydrogen-bond donors (Lipinski definition) is 0. The fraction of sp³-hybridized carbons (Fsp3) is 0.333. The molecule has 3 heteroatoms. The van der Waals surface area contributed by atoms with Crippen molar-refractivity contribution in [2.75, 3.05) is 13.2 Å². The average molecular weight is 162 g/mol. The van der Waals surface area contributed by atoms with Crippen molar-refractivity contribution in [2.45, 2.75) is 6.42 Å². The van der Waals surface area contributed by atoms with Gasteiger partial charge in [-0.2, -0.15) is 0 Å². The molecule has 2 heterocycles. The lowest BCUT2D eigenvalue weighted by Crippen LogP contribution is -2.02. The molecule has 1 aliphatic heterocycles. The number of aromatic nitrogens is 1. The highest BCUT2D eigenvalue weighted by Gasteiger charge is 2.06. The van der Waals surface area contributed by atoms with E-state index in [-0.39, 0.29) is 0 Å². The Labute approximate surface area is 71.1 Å². The van der Waals surface area contributed by atoms with Crippen molar-refractivity contribution in [2.24, 2.45) is 4.99 Å². The summed E-state index contributed by atoms with van der Waals surface area (Å²) in [5.74, 6) is 0.848. The van der Waals surface area contributed by atoms with Gasteiger partial charge in [-0.15, -0.1) is 0 Å². The molecule has 0 aromatic carbocycles. The minimum Gasteiger partial charge on any atom is -0.479 e. The van der Waals surface area contributed by atoms with E-state index in [1.165, 1.54) is 5.56 Å². The standard InChI is InChI=1S/C9H10N2O/c1-3-10-4-2-8(1)7-9-11-5-6-12-9/h1-4H,5-7H2. The van der Waals surface area contributed by atoms with Crippen LogP contribution in [0, 0.1) is 0 Å². The zero-order chi connectivity index (χ0) is 8.23. The minimum atomic E-state index is 0.737. The van der Waals surface area contributed by atoms with E-state index in [9.17, 15) is 0 Å². The van der Waals surface area contributed by atoms with Gasteiger partial charge in [0.15, 0.2) is 5.90 Å². The molecular formula is C9H10N2O. The average Bonchev–Trinajstić information content (AvgIpc) is 2.59. The molecular weight excluding hydrogens is 152 g/mol. The Morgan fingerprint density at radius 3 is 2.83 bits per heavy atom. The Bertz CT molecular complexity index is 282. The van der Waals surface area contributed by atoms with E-state index in [4.69, 9.17) is 4.74 Å². The van der Waals surface area contributed by atoms with Crippen LogP contribution in [0.25, 0.3) is 0 Å². The van der Waals surface area contributed by atoms with E-state index in [0.29, 0.717) is 0 Å². The molecule has 0 spiro atoms. The van der Waals surface area contributed by atoms with Crippen LogP contribution in [-0.2, 0) is 11.2 Å². The molecule has 0 amide bonds. The van der Waals surface area contributed by atoms with Crippen LogP contribution in [0.2, 0.25) is 0 Å². The maximum Gasteiger partial charge on any atom is 0.187 e. The molecule has 1 aliphatic rings. The quantitative estimate of drug-likeness (QED) is 0.651. The Balaban J connectivity index is 2.04. The van der Waals surface area contributed by atoms with Gasteiger partial charge in [-0.3, -0.25) is 9.98 Å². The first-order valence-corrected chi connectivity index (χ1v) is 4.00. The number of ether oxygens (including phenoxy) is 1. The van der Waals surface area contributed by atoms with E-state index in [0.717, 1.165) is 25.5 Å². The van der Waals surface area contributed by atoms with E-state index in [2.05, 4.69) is 9.98 Å². The Morgan fingerprint density at radius 2 is 2.17 bits per heavy atom. The third kappa shape index (κ3) is 1.61. The first kappa shape index (κ1) is 7.28. The molecule has 0 fully saturated rings. The van der Waals surface area contributed by atoms with E-state index >= 15 is 0 Å². The van der Waals surface area contributed by atoms with Gasteiger partial charge in [0.25, 0.3) is 0 Å². The number of aliphatic imine (C=N–C) groups is 1. The largest absolute Gasteiger partial charge is 0.479 e. The van der Waals surface area contributed by atoms with Crippen molar-refractivity contribution in [1.29, 1.82) is 0 Å². The summed E-state index contributed by atoms with van der Waals surface area (Å²) < 4.78 is 5.29. The first-order chi connectivity index (χ1) is 5.95. The smallest absolute Gasteiger partial charge is 0.187 e. The summed E-state index contributed by atoms with van der Waals surface area (Å²) in [6.45, 7) is 1.54. The molecule has 0 atom stereocenters. The monoisotopic (exact) mass is 162 g/mol.